The molecule has 0 radical (unpaired) electrons. The Kier molecular flexibility index (Phi) is 4.42. The summed E-state index contributed by atoms with van der Waals surface area (Å²) in [7, 11) is 0. The highest BCUT2D eigenvalue weighted by Gasteiger charge is 2.17. The van der Waals surface area contributed by atoms with Crippen LogP contribution < -0.4 is 4.90 Å². The summed E-state index contributed by atoms with van der Waals surface area (Å²) in [6.45, 7) is 4.77. The molecule has 2 aromatic carbocycles. The zero-order valence-corrected chi connectivity index (χ0v) is 12.6. The number of hydrogen-bond donors (Lipinski definition) is 0. The molecule has 0 aliphatic carbocycles. The summed E-state index contributed by atoms with van der Waals surface area (Å²) in [5.74, 6) is -0.184. The predicted octanol–water partition coefficient (Wildman–Crippen LogP) is 3.80. The molecule has 0 amide bonds. The quantitative estimate of drug-likeness (QED) is 0.851. The first kappa shape index (κ1) is 14.4. The minimum atomic E-state index is -0.184. The number of anilines is 1. The maximum atomic E-state index is 13.0. The lowest BCUT2D eigenvalue weighted by Crippen LogP contribution is -2.46. The van der Waals surface area contributed by atoms with Crippen molar-refractivity contribution in [2.24, 2.45) is 0 Å². The zero-order chi connectivity index (χ0) is 14.7. The molecule has 1 heterocycles. The van der Waals surface area contributed by atoms with E-state index >= 15 is 0 Å². The van der Waals surface area contributed by atoms with Crippen molar-refractivity contribution in [3.63, 3.8) is 0 Å². The summed E-state index contributed by atoms with van der Waals surface area (Å²) in [5.41, 5.74) is 2.27. The van der Waals surface area contributed by atoms with Crippen LogP contribution in [0.5, 0.6) is 0 Å². The highest BCUT2D eigenvalue weighted by atomic mass is 35.5. The molecule has 0 bridgehead atoms. The smallest absolute Gasteiger partial charge is 0.123 e. The van der Waals surface area contributed by atoms with E-state index in [0.29, 0.717) is 0 Å². The lowest BCUT2D eigenvalue weighted by atomic mass is 10.2. The Balaban J connectivity index is 1.58. The lowest BCUT2D eigenvalue weighted by molar-refractivity contribution is 0.250. The summed E-state index contributed by atoms with van der Waals surface area (Å²) in [4.78, 5) is 4.70. The second-order valence-corrected chi connectivity index (χ2v) is 5.74. The van der Waals surface area contributed by atoms with Gasteiger partial charge in [-0.3, -0.25) is 4.90 Å². The van der Waals surface area contributed by atoms with Crippen LogP contribution in [0.2, 0.25) is 5.02 Å². The van der Waals surface area contributed by atoms with Crippen molar-refractivity contribution in [1.82, 2.24) is 4.90 Å². The number of benzene rings is 2. The summed E-state index contributed by atoms with van der Waals surface area (Å²) >= 11 is 6.21. The second kappa shape index (κ2) is 6.46. The highest BCUT2D eigenvalue weighted by Crippen LogP contribution is 2.20. The van der Waals surface area contributed by atoms with Crippen molar-refractivity contribution >= 4 is 17.3 Å². The standard InChI is InChI=1S/C17H18ClFN2/c18-17-4-2-1-3-14(17)13-20-9-11-21(12-10-20)16-7-5-15(19)6-8-16/h1-8H,9-13H2. The maximum Gasteiger partial charge on any atom is 0.123 e. The number of halogens is 2. The van der Waals surface area contributed by atoms with Crippen molar-refractivity contribution < 1.29 is 4.39 Å². The van der Waals surface area contributed by atoms with E-state index in [4.69, 9.17) is 11.6 Å². The van der Waals surface area contributed by atoms with Crippen molar-refractivity contribution in [2.75, 3.05) is 31.1 Å². The molecule has 21 heavy (non-hydrogen) atoms. The molecule has 0 atom stereocenters. The van der Waals surface area contributed by atoms with E-state index in [-0.39, 0.29) is 5.82 Å². The minimum Gasteiger partial charge on any atom is -0.369 e. The van der Waals surface area contributed by atoms with Crippen LogP contribution >= 0.6 is 11.6 Å². The van der Waals surface area contributed by atoms with Crippen LogP contribution in [0, 0.1) is 5.82 Å². The van der Waals surface area contributed by atoms with Gasteiger partial charge in [0.1, 0.15) is 5.82 Å². The Labute approximate surface area is 129 Å². The minimum absolute atomic E-state index is 0.184. The molecule has 0 aromatic heterocycles. The van der Waals surface area contributed by atoms with Crippen LogP contribution in [0.15, 0.2) is 48.5 Å². The van der Waals surface area contributed by atoms with Gasteiger partial charge in [0.25, 0.3) is 0 Å². The van der Waals surface area contributed by atoms with Gasteiger partial charge >= 0.3 is 0 Å². The van der Waals surface area contributed by atoms with Gasteiger partial charge in [-0.05, 0) is 35.9 Å². The molecular formula is C17H18ClFN2. The van der Waals surface area contributed by atoms with Crippen LogP contribution in [0.1, 0.15) is 5.56 Å². The Hall–Kier alpha value is -1.58. The molecule has 1 aliphatic heterocycles. The summed E-state index contributed by atoms with van der Waals surface area (Å²) < 4.78 is 13.0. The average molecular weight is 305 g/mol. The van der Waals surface area contributed by atoms with E-state index in [9.17, 15) is 4.39 Å². The molecule has 4 heteroatoms. The van der Waals surface area contributed by atoms with Crippen LogP contribution in [0.4, 0.5) is 10.1 Å². The van der Waals surface area contributed by atoms with E-state index in [2.05, 4.69) is 15.9 Å². The zero-order valence-electron chi connectivity index (χ0n) is 11.8. The first-order valence-corrected chi connectivity index (χ1v) is 7.56. The Bertz CT molecular complexity index is 592. The molecular weight excluding hydrogens is 287 g/mol. The van der Waals surface area contributed by atoms with Crippen LogP contribution in [-0.4, -0.2) is 31.1 Å². The van der Waals surface area contributed by atoms with Gasteiger partial charge in [-0.2, -0.15) is 0 Å². The van der Waals surface area contributed by atoms with Crippen molar-refractivity contribution in [3.8, 4) is 0 Å². The Morgan fingerprint density at radius 1 is 0.905 bits per heavy atom. The summed E-state index contributed by atoms with van der Waals surface area (Å²) in [6, 6.07) is 14.7. The Morgan fingerprint density at radius 3 is 2.24 bits per heavy atom. The largest absolute Gasteiger partial charge is 0.369 e. The van der Waals surface area contributed by atoms with Crippen molar-refractivity contribution in [3.05, 3.63) is 64.9 Å². The number of nitrogens with zero attached hydrogens (tertiary/aromatic N) is 2. The lowest BCUT2D eigenvalue weighted by Gasteiger charge is -2.36. The van der Waals surface area contributed by atoms with Crippen LogP contribution in [0.3, 0.4) is 0 Å². The maximum absolute atomic E-state index is 13.0. The molecule has 0 unspecified atom stereocenters. The molecule has 0 saturated carbocycles. The molecule has 2 nitrogen and oxygen atoms in total. The molecule has 0 N–H and O–H groups in total. The van der Waals surface area contributed by atoms with E-state index < -0.39 is 0 Å². The first-order chi connectivity index (χ1) is 10.2. The van der Waals surface area contributed by atoms with Gasteiger partial charge in [0.05, 0.1) is 0 Å². The molecule has 3 rings (SSSR count). The monoisotopic (exact) mass is 304 g/mol. The fraction of sp³-hybridized carbons (Fsp3) is 0.294. The average Bonchev–Trinajstić information content (AvgIpc) is 2.51. The Morgan fingerprint density at radius 2 is 1.57 bits per heavy atom. The van der Waals surface area contributed by atoms with E-state index in [0.717, 1.165) is 43.4 Å². The number of rotatable bonds is 3. The van der Waals surface area contributed by atoms with Gasteiger partial charge in [-0.1, -0.05) is 29.8 Å². The number of hydrogen-bond acceptors (Lipinski definition) is 2. The first-order valence-electron chi connectivity index (χ1n) is 7.18. The third-order valence-corrected chi connectivity index (χ3v) is 4.28. The van der Waals surface area contributed by atoms with E-state index in [1.54, 1.807) is 0 Å². The van der Waals surface area contributed by atoms with Gasteiger partial charge in [-0.25, -0.2) is 4.39 Å². The normalized spacial score (nSPS) is 16.2. The fourth-order valence-corrected chi connectivity index (χ4v) is 2.88. The summed E-state index contributed by atoms with van der Waals surface area (Å²) in [5, 5.41) is 0.832. The number of piperazine rings is 1. The van der Waals surface area contributed by atoms with Gasteiger partial charge in [0.2, 0.25) is 0 Å². The predicted molar refractivity (Wildman–Crippen MR) is 85.3 cm³/mol. The molecule has 0 spiro atoms. The SMILES string of the molecule is Fc1ccc(N2CCN(Cc3ccccc3Cl)CC2)cc1. The third-order valence-electron chi connectivity index (χ3n) is 3.92. The van der Waals surface area contributed by atoms with Gasteiger partial charge < -0.3 is 4.90 Å². The van der Waals surface area contributed by atoms with E-state index in [1.807, 2.05) is 30.3 Å². The van der Waals surface area contributed by atoms with Crippen molar-refractivity contribution in [2.45, 2.75) is 6.54 Å². The molecule has 1 aliphatic rings. The molecule has 110 valence electrons. The van der Waals surface area contributed by atoms with Gasteiger partial charge in [-0.15, -0.1) is 0 Å². The molecule has 2 aromatic rings. The second-order valence-electron chi connectivity index (χ2n) is 5.33. The molecule has 1 saturated heterocycles. The fourth-order valence-electron chi connectivity index (χ4n) is 2.68. The third kappa shape index (κ3) is 3.55. The van der Waals surface area contributed by atoms with Crippen molar-refractivity contribution in [1.29, 1.82) is 0 Å². The van der Waals surface area contributed by atoms with Gasteiger partial charge in [0, 0.05) is 43.4 Å². The topological polar surface area (TPSA) is 6.48 Å². The molecule has 1 fully saturated rings. The van der Waals surface area contributed by atoms with E-state index in [1.165, 1.54) is 17.7 Å². The van der Waals surface area contributed by atoms with Gasteiger partial charge in [0.15, 0.2) is 0 Å². The van der Waals surface area contributed by atoms with Crippen LogP contribution in [0.25, 0.3) is 0 Å². The van der Waals surface area contributed by atoms with Crippen LogP contribution in [-0.2, 0) is 6.54 Å². The highest BCUT2D eigenvalue weighted by molar-refractivity contribution is 6.31. The summed E-state index contributed by atoms with van der Waals surface area (Å²) in [6.07, 6.45) is 0.